The first kappa shape index (κ1) is 14.7. The molecule has 4 heteroatoms. The van der Waals surface area contributed by atoms with Crippen molar-refractivity contribution in [2.75, 3.05) is 13.1 Å². The molecule has 1 rings (SSSR count). The Morgan fingerprint density at radius 1 is 1.28 bits per heavy atom. The predicted octanol–water partition coefficient (Wildman–Crippen LogP) is 2.78. The van der Waals surface area contributed by atoms with E-state index in [9.17, 15) is 9.59 Å². The zero-order valence-electron chi connectivity index (χ0n) is 12.2. The normalized spacial score (nSPS) is 17.5. The summed E-state index contributed by atoms with van der Waals surface area (Å²) in [4.78, 5) is 25.4. The fourth-order valence-electron chi connectivity index (χ4n) is 2.19. The van der Waals surface area contributed by atoms with E-state index < -0.39 is 11.7 Å². The third-order valence-electron chi connectivity index (χ3n) is 2.75. The molecule has 1 amide bonds. The Labute approximate surface area is 109 Å². The number of carbonyl (C=O) groups excluding carboxylic acids is 2. The van der Waals surface area contributed by atoms with Gasteiger partial charge in [-0.3, -0.25) is 9.69 Å². The summed E-state index contributed by atoms with van der Waals surface area (Å²) in [5, 5.41) is 0. The van der Waals surface area contributed by atoms with E-state index in [0.717, 1.165) is 11.1 Å². The Bertz CT molecular complexity index is 388. The fraction of sp³-hybridized carbons (Fsp3) is 0.714. The van der Waals surface area contributed by atoms with Crippen LogP contribution in [-0.4, -0.2) is 35.5 Å². The molecule has 0 spiro atoms. The molecule has 0 aromatic heterocycles. The van der Waals surface area contributed by atoms with Gasteiger partial charge in [0.15, 0.2) is 5.78 Å². The monoisotopic (exact) mass is 253 g/mol. The Balaban J connectivity index is 2.82. The number of carbonyl (C=O) groups is 2. The summed E-state index contributed by atoms with van der Waals surface area (Å²) in [5.41, 5.74) is 1.29. The van der Waals surface area contributed by atoms with E-state index in [0.29, 0.717) is 6.54 Å². The average molecular weight is 253 g/mol. The van der Waals surface area contributed by atoms with E-state index in [1.165, 1.54) is 4.90 Å². The van der Waals surface area contributed by atoms with Gasteiger partial charge in [0.1, 0.15) is 5.60 Å². The van der Waals surface area contributed by atoms with Crippen LogP contribution in [0.15, 0.2) is 11.1 Å². The van der Waals surface area contributed by atoms with Crippen molar-refractivity contribution >= 4 is 11.9 Å². The molecule has 0 unspecified atom stereocenters. The summed E-state index contributed by atoms with van der Waals surface area (Å²) in [6.07, 6.45) is -0.419. The van der Waals surface area contributed by atoms with Gasteiger partial charge in [0.25, 0.3) is 0 Å². The Kier molecular flexibility index (Phi) is 4.20. The van der Waals surface area contributed by atoms with Crippen molar-refractivity contribution in [1.82, 2.24) is 4.90 Å². The van der Waals surface area contributed by atoms with Crippen molar-refractivity contribution in [1.29, 1.82) is 0 Å². The Morgan fingerprint density at radius 3 is 2.22 bits per heavy atom. The minimum absolute atomic E-state index is 0.0274. The molecule has 1 heterocycles. The van der Waals surface area contributed by atoms with Gasteiger partial charge in [0.2, 0.25) is 0 Å². The van der Waals surface area contributed by atoms with E-state index >= 15 is 0 Å². The summed E-state index contributed by atoms with van der Waals surface area (Å²) in [5.74, 6) is 0.234. The first-order chi connectivity index (χ1) is 8.11. The SMILES string of the molecule is CC1=C(C(C)C)C(=O)CN(C(=O)OC(C)(C)C)C1. The minimum atomic E-state index is -0.532. The smallest absolute Gasteiger partial charge is 0.410 e. The molecule has 1 aliphatic rings. The van der Waals surface area contributed by atoms with Gasteiger partial charge in [0, 0.05) is 12.1 Å². The topological polar surface area (TPSA) is 46.6 Å². The highest BCUT2D eigenvalue weighted by molar-refractivity contribution is 6.00. The van der Waals surface area contributed by atoms with Gasteiger partial charge in [-0.05, 0) is 39.2 Å². The number of amides is 1. The molecule has 0 bridgehead atoms. The van der Waals surface area contributed by atoms with Crippen LogP contribution in [0.4, 0.5) is 4.79 Å². The fourth-order valence-corrected chi connectivity index (χ4v) is 2.19. The molecule has 0 aromatic rings. The second-order valence-corrected chi connectivity index (χ2v) is 6.11. The lowest BCUT2D eigenvalue weighted by Gasteiger charge is -2.31. The number of Topliss-reactive ketones (excluding diaryl/α,β-unsaturated/α-hetero) is 1. The number of hydrogen-bond donors (Lipinski definition) is 0. The quantitative estimate of drug-likeness (QED) is 0.722. The van der Waals surface area contributed by atoms with Crippen LogP contribution in [0, 0.1) is 5.92 Å². The van der Waals surface area contributed by atoms with E-state index in [2.05, 4.69) is 0 Å². The minimum Gasteiger partial charge on any atom is -0.444 e. The van der Waals surface area contributed by atoms with Crippen molar-refractivity contribution < 1.29 is 14.3 Å². The molecule has 4 nitrogen and oxygen atoms in total. The van der Waals surface area contributed by atoms with Crippen molar-refractivity contribution in [2.45, 2.75) is 47.1 Å². The first-order valence-corrected chi connectivity index (χ1v) is 6.32. The molecule has 102 valence electrons. The van der Waals surface area contributed by atoms with Crippen LogP contribution >= 0.6 is 0 Å². The lowest BCUT2D eigenvalue weighted by Crippen LogP contribution is -2.44. The summed E-state index contributed by atoms with van der Waals surface area (Å²) >= 11 is 0. The van der Waals surface area contributed by atoms with Crippen LogP contribution in [0.2, 0.25) is 0 Å². The number of hydrogen-bond acceptors (Lipinski definition) is 3. The van der Waals surface area contributed by atoms with Gasteiger partial charge < -0.3 is 4.74 Å². The molecule has 0 aromatic carbocycles. The largest absolute Gasteiger partial charge is 0.444 e. The first-order valence-electron chi connectivity index (χ1n) is 6.32. The molecule has 0 radical (unpaired) electrons. The van der Waals surface area contributed by atoms with Crippen molar-refractivity contribution in [3.05, 3.63) is 11.1 Å². The van der Waals surface area contributed by atoms with Crippen molar-refractivity contribution in [2.24, 2.45) is 5.92 Å². The molecule has 0 saturated heterocycles. The maximum Gasteiger partial charge on any atom is 0.410 e. The molecule has 1 aliphatic heterocycles. The number of rotatable bonds is 1. The van der Waals surface area contributed by atoms with Crippen molar-refractivity contribution in [3.8, 4) is 0 Å². The maximum atomic E-state index is 12.0. The van der Waals surface area contributed by atoms with Crippen LogP contribution in [0.25, 0.3) is 0 Å². The highest BCUT2D eigenvalue weighted by Crippen LogP contribution is 2.23. The maximum absolute atomic E-state index is 12.0. The molecular weight excluding hydrogens is 230 g/mol. The highest BCUT2D eigenvalue weighted by Gasteiger charge is 2.30. The van der Waals surface area contributed by atoms with E-state index in [4.69, 9.17) is 4.74 Å². The van der Waals surface area contributed by atoms with Crippen LogP contribution in [0.1, 0.15) is 41.5 Å². The van der Waals surface area contributed by atoms with E-state index in [-0.39, 0.29) is 18.2 Å². The van der Waals surface area contributed by atoms with Crippen LogP contribution in [0.5, 0.6) is 0 Å². The van der Waals surface area contributed by atoms with Gasteiger partial charge in [-0.1, -0.05) is 13.8 Å². The third kappa shape index (κ3) is 3.59. The van der Waals surface area contributed by atoms with E-state index in [1.807, 2.05) is 41.5 Å². The van der Waals surface area contributed by atoms with Gasteiger partial charge >= 0.3 is 6.09 Å². The Hall–Kier alpha value is -1.32. The van der Waals surface area contributed by atoms with Crippen molar-refractivity contribution in [3.63, 3.8) is 0 Å². The second-order valence-electron chi connectivity index (χ2n) is 6.11. The highest BCUT2D eigenvalue weighted by atomic mass is 16.6. The molecule has 18 heavy (non-hydrogen) atoms. The Morgan fingerprint density at radius 2 is 1.83 bits per heavy atom. The summed E-state index contributed by atoms with van der Waals surface area (Å²) in [7, 11) is 0. The summed E-state index contributed by atoms with van der Waals surface area (Å²) < 4.78 is 5.28. The van der Waals surface area contributed by atoms with Crippen LogP contribution < -0.4 is 0 Å². The summed E-state index contributed by atoms with van der Waals surface area (Å²) in [6.45, 7) is 12.0. The predicted molar refractivity (Wildman–Crippen MR) is 70.4 cm³/mol. The number of nitrogens with zero attached hydrogens (tertiary/aromatic N) is 1. The van der Waals surface area contributed by atoms with Gasteiger partial charge in [-0.15, -0.1) is 0 Å². The number of ether oxygens (including phenoxy) is 1. The van der Waals surface area contributed by atoms with Crippen LogP contribution in [0.3, 0.4) is 0 Å². The van der Waals surface area contributed by atoms with Gasteiger partial charge in [-0.25, -0.2) is 4.79 Å². The zero-order chi connectivity index (χ0) is 14.1. The second kappa shape index (κ2) is 5.12. The van der Waals surface area contributed by atoms with Crippen LogP contribution in [-0.2, 0) is 9.53 Å². The third-order valence-corrected chi connectivity index (χ3v) is 2.75. The lowest BCUT2D eigenvalue weighted by molar-refractivity contribution is -0.117. The molecule has 0 atom stereocenters. The van der Waals surface area contributed by atoms with E-state index in [1.54, 1.807) is 0 Å². The molecule has 0 saturated carbocycles. The molecule has 0 aliphatic carbocycles. The number of ketones is 1. The average Bonchev–Trinajstić information content (AvgIpc) is 2.12. The van der Waals surface area contributed by atoms with Gasteiger partial charge in [-0.2, -0.15) is 0 Å². The summed E-state index contributed by atoms with van der Waals surface area (Å²) in [6, 6.07) is 0. The van der Waals surface area contributed by atoms with Gasteiger partial charge in [0.05, 0.1) is 6.54 Å². The lowest BCUT2D eigenvalue weighted by atomic mass is 9.91. The molecule has 0 fully saturated rings. The standard InChI is InChI=1S/C14H23NO3/c1-9(2)12-10(3)7-15(8-11(12)16)13(17)18-14(4,5)6/h9H,7-8H2,1-6H3. The zero-order valence-corrected chi connectivity index (χ0v) is 12.2. The molecule has 0 N–H and O–H groups in total. The molecular formula is C14H23NO3.